The van der Waals surface area contributed by atoms with E-state index < -0.39 is 0 Å². The van der Waals surface area contributed by atoms with Crippen LogP contribution in [-0.4, -0.2) is 34.4 Å². The molecule has 0 fully saturated rings. The molecule has 0 radical (unpaired) electrons. The third-order valence-electron chi connectivity index (χ3n) is 5.53. The fraction of sp³-hybridized carbons (Fsp3) is 0.429. The van der Waals surface area contributed by atoms with Gasteiger partial charge >= 0.3 is 0 Å². The average molecular weight is 364 g/mol. The topological polar surface area (TPSA) is 84.0 Å². The van der Waals surface area contributed by atoms with Gasteiger partial charge in [0.05, 0.1) is 5.56 Å². The van der Waals surface area contributed by atoms with E-state index in [1.807, 2.05) is 18.3 Å². The molecule has 27 heavy (non-hydrogen) atoms. The molecular weight excluding hydrogens is 340 g/mol. The minimum atomic E-state index is -0.0543. The lowest BCUT2D eigenvalue weighted by atomic mass is 9.88. The van der Waals surface area contributed by atoms with Crippen LogP contribution in [0.15, 0.2) is 24.5 Å². The number of fused-ring (bicyclic) bond motifs is 2. The third kappa shape index (κ3) is 3.44. The van der Waals surface area contributed by atoms with Crippen molar-refractivity contribution in [2.45, 2.75) is 51.5 Å². The molecule has 0 aliphatic carbocycles. The van der Waals surface area contributed by atoms with Gasteiger partial charge in [0.25, 0.3) is 11.8 Å². The molecule has 140 valence electrons. The summed E-state index contributed by atoms with van der Waals surface area (Å²) < 4.78 is 0. The minimum absolute atomic E-state index is 0.0217. The molecule has 6 heteroatoms. The molecule has 0 bridgehead atoms. The Morgan fingerprint density at radius 1 is 1.11 bits per heavy atom. The second kappa shape index (κ2) is 7.10. The first kappa shape index (κ1) is 17.6. The SMILES string of the molecule is CCc1cc2c(cn1)C(=O)NC(CC(C)c1cc3c(cn1)CCNC3=O)C2. The number of aryl methyl sites for hydroxylation is 1. The van der Waals surface area contributed by atoms with Crippen LogP contribution in [-0.2, 0) is 19.3 Å². The Morgan fingerprint density at radius 3 is 2.78 bits per heavy atom. The van der Waals surface area contributed by atoms with Gasteiger partial charge in [-0.1, -0.05) is 13.8 Å². The van der Waals surface area contributed by atoms with Crippen LogP contribution in [0.4, 0.5) is 0 Å². The molecule has 2 aromatic rings. The normalized spacial score (nSPS) is 19.6. The highest BCUT2D eigenvalue weighted by Gasteiger charge is 2.27. The number of aromatic nitrogens is 2. The van der Waals surface area contributed by atoms with Gasteiger partial charge in [0.2, 0.25) is 0 Å². The van der Waals surface area contributed by atoms with Crippen LogP contribution >= 0.6 is 0 Å². The molecule has 6 nitrogen and oxygen atoms in total. The summed E-state index contributed by atoms with van der Waals surface area (Å²) >= 11 is 0. The highest BCUT2D eigenvalue weighted by atomic mass is 16.2. The van der Waals surface area contributed by atoms with E-state index in [9.17, 15) is 9.59 Å². The summed E-state index contributed by atoms with van der Waals surface area (Å²) in [6, 6.07) is 4.01. The number of carbonyl (C=O) groups excluding carboxylic acids is 2. The zero-order valence-electron chi connectivity index (χ0n) is 15.7. The van der Waals surface area contributed by atoms with Gasteiger partial charge in [-0.05, 0) is 48.9 Å². The third-order valence-corrected chi connectivity index (χ3v) is 5.53. The quantitative estimate of drug-likeness (QED) is 0.871. The molecule has 0 aromatic carbocycles. The Morgan fingerprint density at radius 2 is 1.96 bits per heavy atom. The molecule has 2 N–H and O–H groups in total. The zero-order chi connectivity index (χ0) is 19.0. The maximum absolute atomic E-state index is 12.4. The Hall–Kier alpha value is -2.76. The van der Waals surface area contributed by atoms with Gasteiger partial charge in [0.1, 0.15) is 0 Å². The molecular formula is C21H24N4O2. The molecule has 2 aromatic heterocycles. The van der Waals surface area contributed by atoms with Crippen molar-refractivity contribution < 1.29 is 9.59 Å². The lowest BCUT2D eigenvalue weighted by Gasteiger charge is -2.28. The molecule has 0 saturated heterocycles. The minimum Gasteiger partial charge on any atom is -0.352 e. The van der Waals surface area contributed by atoms with Crippen molar-refractivity contribution in [3.63, 3.8) is 0 Å². The Bertz CT molecular complexity index is 909. The van der Waals surface area contributed by atoms with E-state index in [4.69, 9.17) is 0 Å². The van der Waals surface area contributed by atoms with Crippen LogP contribution in [0.5, 0.6) is 0 Å². The molecule has 2 atom stereocenters. The largest absolute Gasteiger partial charge is 0.352 e. The van der Waals surface area contributed by atoms with Crippen molar-refractivity contribution in [1.29, 1.82) is 0 Å². The van der Waals surface area contributed by atoms with Gasteiger partial charge in [-0.2, -0.15) is 0 Å². The number of pyridine rings is 2. The number of hydrogen-bond acceptors (Lipinski definition) is 4. The highest BCUT2D eigenvalue weighted by Crippen LogP contribution is 2.26. The maximum atomic E-state index is 12.4. The fourth-order valence-electron chi connectivity index (χ4n) is 3.97. The number of rotatable bonds is 4. The number of hydrogen-bond donors (Lipinski definition) is 2. The first-order chi connectivity index (χ1) is 13.0. The number of amides is 2. The standard InChI is InChI=1S/C21H24N4O2/c1-3-15-7-14-8-16(25-21(27)18(14)11-23-15)6-12(2)19-9-17-13(10-24-19)4-5-22-20(17)26/h7,9-12,16H,3-6,8H2,1-2H3,(H,22,26)(H,25,27). The molecule has 2 aliphatic rings. The van der Waals surface area contributed by atoms with Crippen molar-refractivity contribution >= 4 is 11.8 Å². The Kier molecular flexibility index (Phi) is 4.64. The zero-order valence-corrected chi connectivity index (χ0v) is 15.7. The van der Waals surface area contributed by atoms with E-state index >= 15 is 0 Å². The van der Waals surface area contributed by atoms with Crippen LogP contribution < -0.4 is 10.6 Å². The first-order valence-electron chi connectivity index (χ1n) is 9.60. The maximum Gasteiger partial charge on any atom is 0.253 e. The van der Waals surface area contributed by atoms with E-state index in [0.29, 0.717) is 12.1 Å². The number of nitrogens with one attached hydrogen (secondary N) is 2. The summed E-state index contributed by atoms with van der Waals surface area (Å²) in [5, 5.41) is 5.98. The van der Waals surface area contributed by atoms with Crippen LogP contribution in [0.3, 0.4) is 0 Å². The lowest BCUT2D eigenvalue weighted by molar-refractivity contribution is 0.0919. The summed E-state index contributed by atoms with van der Waals surface area (Å²) in [6.45, 7) is 4.83. The predicted octanol–water partition coefficient (Wildman–Crippen LogP) is 2.17. The molecule has 4 rings (SSSR count). The molecule has 2 unspecified atom stereocenters. The predicted molar refractivity (Wildman–Crippen MR) is 102 cm³/mol. The van der Waals surface area contributed by atoms with Crippen molar-refractivity contribution in [3.8, 4) is 0 Å². The van der Waals surface area contributed by atoms with E-state index in [1.54, 1.807) is 6.20 Å². The molecule has 0 spiro atoms. The second-order valence-electron chi connectivity index (χ2n) is 7.47. The van der Waals surface area contributed by atoms with Gasteiger partial charge in [-0.15, -0.1) is 0 Å². The summed E-state index contributed by atoms with van der Waals surface area (Å²) in [5.41, 5.74) is 5.40. The molecule has 2 aliphatic heterocycles. The summed E-state index contributed by atoms with van der Waals surface area (Å²) in [4.78, 5) is 33.4. The van der Waals surface area contributed by atoms with Crippen molar-refractivity contribution in [3.05, 3.63) is 58.2 Å². The smallest absolute Gasteiger partial charge is 0.253 e. The van der Waals surface area contributed by atoms with E-state index in [2.05, 4.69) is 34.4 Å². The van der Waals surface area contributed by atoms with Gasteiger partial charge in [0, 0.05) is 47.8 Å². The number of carbonyl (C=O) groups is 2. The van der Waals surface area contributed by atoms with Gasteiger partial charge in [-0.3, -0.25) is 19.6 Å². The summed E-state index contributed by atoms with van der Waals surface area (Å²) in [5.74, 6) is 0.0670. The number of nitrogens with zero attached hydrogens (tertiary/aromatic N) is 2. The van der Waals surface area contributed by atoms with Crippen molar-refractivity contribution in [1.82, 2.24) is 20.6 Å². The molecule has 4 heterocycles. The molecule has 2 amide bonds. The first-order valence-corrected chi connectivity index (χ1v) is 9.60. The Labute approximate surface area is 158 Å². The highest BCUT2D eigenvalue weighted by molar-refractivity contribution is 5.97. The van der Waals surface area contributed by atoms with Crippen molar-refractivity contribution in [2.24, 2.45) is 0 Å². The van der Waals surface area contributed by atoms with E-state index in [0.717, 1.165) is 53.8 Å². The lowest BCUT2D eigenvalue weighted by Crippen LogP contribution is -2.42. The fourth-order valence-corrected chi connectivity index (χ4v) is 3.97. The van der Waals surface area contributed by atoms with E-state index in [-0.39, 0.29) is 23.8 Å². The average Bonchev–Trinajstić information content (AvgIpc) is 2.67. The van der Waals surface area contributed by atoms with Crippen molar-refractivity contribution in [2.75, 3.05) is 6.54 Å². The van der Waals surface area contributed by atoms with Crippen LogP contribution in [0, 0.1) is 0 Å². The van der Waals surface area contributed by atoms with Crippen LogP contribution in [0.25, 0.3) is 0 Å². The van der Waals surface area contributed by atoms with Gasteiger partial charge < -0.3 is 10.6 Å². The van der Waals surface area contributed by atoms with E-state index in [1.165, 1.54) is 0 Å². The van der Waals surface area contributed by atoms with Gasteiger partial charge in [-0.25, -0.2) is 0 Å². The summed E-state index contributed by atoms with van der Waals surface area (Å²) in [6.07, 6.45) is 6.78. The second-order valence-corrected chi connectivity index (χ2v) is 7.47. The Balaban J connectivity index is 1.51. The summed E-state index contributed by atoms with van der Waals surface area (Å²) in [7, 11) is 0. The van der Waals surface area contributed by atoms with Crippen LogP contribution in [0.1, 0.15) is 69.4 Å². The van der Waals surface area contributed by atoms with Gasteiger partial charge in [0.15, 0.2) is 0 Å². The molecule has 0 saturated carbocycles. The monoisotopic (exact) mass is 364 g/mol. The van der Waals surface area contributed by atoms with Crippen LogP contribution in [0.2, 0.25) is 0 Å².